The second-order valence-corrected chi connectivity index (χ2v) is 3.41. The maximum Gasteiger partial charge on any atom is 0.159 e. The van der Waals surface area contributed by atoms with Gasteiger partial charge in [0.05, 0.1) is 10.9 Å². The summed E-state index contributed by atoms with van der Waals surface area (Å²) in [5.74, 6) is 1.12. The first-order valence-electron chi connectivity index (χ1n) is 4.86. The summed E-state index contributed by atoms with van der Waals surface area (Å²) >= 11 is 0. The van der Waals surface area contributed by atoms with Gasteiger partial charge in [-0.3, -0.25) is 5.10 Å². The minimum Gasteiger partial charge on any atom is -0.382 e. The van der Waals surface area contributed by atoms with E-state index in [2.05, 4.69) is 20.2 Å². The van der Waals surface area contributed by atoms with Gasteiger partial charge in [0.1, 0.15) is 0 Å². The highest BCUT2D eigenvalue weighted by Crippen LogP contribution is 2.28. The molecule has 0 atom stereocenters. The van der Waals surface area contributed by atoms with E-state index in [1.807, 2.05) is 18.2 Å². The molecule has 0 amide bonds. The van der Waals surface area contributed by atoms with Crippen molar-refractivity contribution in [2.75, 3.05) is 5.73 Å². The van der Waals surface area contributed by atoms with Gasteiger partial charge in [0.25, 0.3) is 0 Å². The Morgan fingerprint density at radius 3 is 2.69 bits per heavy atom. The second kappa shape index (κ2) is 3.30. The smallest absolute Gasteiger partial charge is 0.159 e. The first-order valence-corrected chi connectivity index (χ1v) is 4.86. The number of nitrogens with zero attached hydrogens (tertiary/aromatic N) is 3. The van der Waals surface area contributed by atoms with Gasteiger partial charge in [0, 0.05) is 18.0 Å². The number of benzene rings is 1. The topological polar surface area (TPSA) is 80.5 Å². The SMILES string of the molecule is Nc1n[nH]c2cccc(-c3ncccn3)c12. The van der Waals surface area contributed by atoms with E-state index in [0.29, 0.717) is 11.6 Å². The molecule has 3 rings (SSSR count). The lowest BCUT2D eigenvalue weighted by molar-refractivity contribution is 1.13. The third-order valence-corrected chi connectivity index (χ3v) is 2.42. The Labute approximate surface area is 91.3 Å². The van der Waals surface area contributed by atoms with Gasteiger partial charge in [-0.2, -0.15) is 5.10 Å². The lowest BCUT2D eigenvalue weighted by Gasteiger charge is -2.01. The molecule has 5 heteroatoms. The first kappa shape index (κ1) is 8.84. The molecule has 0 fully saturated rings. The predicted molar refractivity (Wildman–Crippen MR) is 61.5 cm³/mol. The van der Waals surface area contributed by atoms with Crippen LogP contribution in [0.2, 0.25) is 0 Å². The van der Waals surface area contributed by atoms with Crippen molar-refractivity contribution in [2.45, 2.75) is 0 Å². The quantitative estimate of drug-likeness (QED) is 0.640. The van der Waals surface area contributed by atoms with Crippen molar-refractivity contribution >= 4 is 16.7 Å². The van der Waals surface area contributed by atoms with E-state index in [0.717, 1.165) is 16.5 Å². The Morgan fingerprint density at radius 2 is 1.88 bits per heavy atom. The lowest BCUT2D eigenvalue weighted by atomic mass is 10.1. The summed E-state index contributed by atoms with van der Waals surface area (Å²) in [6.07, 6.45) is 3.41. The Kier molecular flexibility index (Phi) is 1.83. The van der Waals surface area contributed by atoms with Crippen LogP contribution in [0.25, 0.3) is 22.3 Å². The van der Waals surface area contributed by atoms with Crippen LogP contribution < -0.4 is 5.73 Å². The molecule has 0 spiro atoms. The normalized spacial score (nSPS) is 10.8. The molecule has 0 unspecified atom stereocenters. The minimum absolute atomic E-state index is 0.470. The highest BCUT2D eigenvalue weighted by atomic mass is 15.1. The van der Waals surface area contributed by atoms with Crippen molar-refractivity contribution in [3.8, 4) is 11.4 Å². The van der Waals surface area contributed by atoms with E-state index in [1.165, 1.54) is 0 Å². The molecule has 2 heterocycles. The number of rotatable bonds is 1. The summed E-state index contributed by atoms with van der Waals surface area (Å²) in [6, 6.07) is 7.56. The van der Waals surface area contributed by atoms with Crippen LogP contribution in [0, 0.1) is 0 Å². The van der Waals surface area contributed by atoms with Gasteiger partial charge in [-0.05, 0) is 12.1 Å². The summed E-state index contributed by atoms with van der Waals surface area (Å²) in [7, 11) is 0. The molecule has 0 aliphatic heterocycles. The number of H-pyrrole nitrogens is 1. The second-order valence-electron chi connectivity index (χ2n) is 3.41. The van der Waals surface area contributed by atoms with Gasteiger partial charge in [-0.25, -0.2) is 9.97 Å². The molecule has 0 saturated heterocycles. The van der Waals surface area contributed by atoms with Crippen molar-refractivity contribution < 1.29 is 0 Å². The molecule has 1 aromatic carbocycles. The minimum atomic E-state index is 0.470. The molecule has 0 saturated carbocycles. The van der Waals surface area contributed by atoms with E-state index < -0.39 is 0 Å². The number of aromatic nitrogens is 4. The summed E-state index contributed by atoms with van der Waals surface area (Å²) in [5.41, 5.74) is 7.60. The Hall–Kier alpha value is -2.43. The average molecular weight is 211 g/mol. The molecule has 16 heavy (non-hydrogen) atoms. The summed E-state index contributed by atoms with van der Waals surface area (Å²) in [6.45, 7) is 0. The van der Waals surface area contributed by atoms with Gasteiger partial charge < -0.3 is 5.73 Å². The van der Waals surface area contributed by atoms with Crippen LogP contribution in [0.5, 0.6) is 0 Å². The van der Waals surface area contributed by atoms with Crippen molar-refractivity contribution in [3.63, 3.8) is 0 Å². The van der Waals surface area contributed by atoms with Gasteiger partial charge in [0.15, 0.2) is 11.6 Å². The Bertz CT molecular complexity index is 629. The van der Waals surface area contributed by atoms with Crippen molar-refractivity contribution in [2.24, 2.45) is 0 Å². The van der Waals surface area contributed by atoms with Crippen LogP contribution in [0.3, 0.4) is 0 Å². The van der Waals surface area contributed by atoms with E-state index in [-0.39, 0.29) is 0 Å². The lowest BCUT2D eigenvalue weighted by Crippen LogP contribution is -1.90. The highest BCUT2D eigenvalue weighted by molar-refractivity contribution is 6.00. The van der Waals surface area contributed by atoms with Gasteiger partial charge in [-0.1, -0.05) is 12.1 Å². The molecule has 0 aliphatic rings. The molecule has 0 radical (unpaired) electrons. The summed E-state index contributed by atoms with van der Waals surface area (Å²) < 4.78 is 0. The highest BCUT2D eigenvalue weighted by Gasteiger charge is 2.10. The van der Waals surface area contributed by atoms with Crippen LogP contribution >= 0.6 is 0 Å². The number of nitrogen functional groups attached to an aromatic ring is 1. The third kappa shape index (κ3) is 1.22. The van der Waals surface area contributed by atoms with Gasteiger partial charge >= 0.3 is 0 Å². The molecule has 0 aliphatic carbocycles. The molecule has 5 nitrogen and oxygen atoms in total. The number of nitrogens with one attached hydrogen (secondary N) is 1. The van der Waals surface area contributed by atoms with Gasteiger partial charge in [0.2, 0.25) is 0 Å². The van der Waals surface area contributed by atoms with Crippen LogP contribution in [-0.2, 0) is 0 Å². The zero-order valence-electron chi connectivity index (χ0n) is 8.38. The average Bonchev–Trinajstić information content (AvgIpc) is 2.73. The standard InChI is InChI=1S/C11H9N5/c12-10-9-7(11-13-5-2-6-14-11)3-1-4-8(9)15-16-10/h1-6H,(H3,12,15,16). The maximum atomic E-state index is 5.82. The maximum absolute atomic E-state index is 5.82. The number of hydrogen-bond acceptors (Lipinski definition) is 4. The van der Waals surface area contributed by atoms with E-state index in [9.17, 15) is 0 Å². The molecule has 3 aromatic rings. The van der Waals surface area contributed by atoms with Crippen LogP contribution in [0.4, 0.5) is 5.82 Å². The van der Waals surface area contributed by atoms with Crippen LogP contribution in [0.1, 0.15) is 0 Å². The molecule has 3 N–H and O–H groups in total. The monoisotopic (exact) mass is 211 g/mol. The molecular weight excluding hydrogens is 202 g/mol. The third-order valence-electron chi connectivity index (χ3n) is 2.42. The van der Waals surface area contributed by atoms with Crippen LogP contribution in [0.15, 0.2) is 36.7 Å². The van der Waals surface area contributed by atoms with Crippen molar-refractivity contribution in [1.29, 1.82) is 0 Å². The first-order chi connectivity index (χ1) is 7.86. The zero-order valence-corrected chi connectivity index (χ0v) is 8.38. The van der Waals surface area contributed by atoms with Crippen molar-refractivity contribution in [1.82, 2.24) is 20.2 Å². The number of hydrogen-bond donors (Lipinski definition) is 2. The molecule has 2 aromatic heterocycles. The molecule has 0 bridgehead atoms. The Morgan fingerprint density at radius 1 is 1.06 bits per heavy atom. The summed E-state index contributed by atoms with van der Waals surface area (Å²) in [5, 5.41) is 7.72. The fraction of sp³-hybridized carbons (Fsp3) is 0. The van der Waals surface area contributed by atoms with Crippen LogP contribution in [-0.4, -0.2) is 20.2 Å². The number of nitrogens with two attached hydrogens (primary N) is 1. The van der Waals surface area contributed by atoms with E-state index in [4.69, 9.17) is 5.73 Å². The Balaban J connectivity index is 2.36. The summed E-state index contributed by atoms with van der Waals surface area (Å²) in [4.78, 5) is 8.42. The molecule has 78 valence electrons. The van der Waals surface area contributed by atoms with Gasteiger partial charge in [-0.15, -0.1) is 0 Å². The fourth-order valence-electron chi connectivity index (χ4n) is 1.72. The zero-order chi connectivity index (χ0) is 11.0. The number of anilines is 1. The van der Waals surface area contributed by atoms with E-state index in [1.54, 1.807) is 18.5 Å². The number of aromatic amines is 1. The van der Waals surface area contributed by atoms with E-state index >= 15 is 0 Å². The largest absolute Gasteiger partial charge is 0.382 e. The molecular formula is C11H9N5. The number of fused-ring (bicyclic) bond motifs is 1. The predicted octanol–water partition coefficient (Wildman–Crippen LogP) is 1.60. The van der Waals surface area contributed by atoms with Crippen molar-refractivity contribution in [3.05, 3.63) is 36.7 Å². The fourth-order valence-corrected chi connectivity index (χ4v) is 1.72.